The Kier molecular flexibility index (Phi) is 7.81. The third kappa shape index (κ3) is 5.36. The van der Waals surface area contributed by atoms with Crippen molar-refractivity contribution in [3.63, 3.8) is 0 Å². The molecule has 1 N–H and O–H groups in total. The first-order valence-electron chi connectivity index (χ1n) is 9.79. The lowest BCUT2D eigenvalue weighted by Gasteiger charge is -2.23. The summed E-state index contributed by atoms with van der Waals surface area (Å²) in [7, 11) is -1.93. The van der Waals surface area contributed by atoms with E-state index in [4.69, 9.17) is 4.74 Å². The molecule has 0 aliphatic heterocycles. The second-order valence-corrected chi connectivity index (χ2v) is 9.02. The molecule has 1 atom stereocenters. The van der Waals surface area contributed by atoms with Gasteiger partial charge in [0, 0.05) is 18.7 Å². The van der Waals surface area contributed by atoms with Crippen molar-refractivity contribution in [2.75, 3.05) is 20.2 Å². The molecule has 0 spiro atoms. The van der Waals surface area contributed by atoms with Gasteiger partial charge in [0.05, 0.1) is 18.0 Å². The summed E-state index contributed by atoms with van der Waals surface area (Å²) < 4.78 is 31.8. The highest BCUT2D eigenvalue weighted by atomic mass is 32.2. The minimum Gasteiger partial charge on any atom is -0.497 e. The van der Waals surface area contributed by atoms with Gasteiger partial charge < -0.3 is 10.1 Å². The molecular formula is C22H30N2O4S. The van der Waals surface area contributed by atoms with Crippen molar-refractivity contribution in [1.82, 2.24) is 9.62 Å². The third-order valence-corrected chi connectivity index (χ3v) is 6.95. The molecule has 0 fully saturated rings. The Bertz CT molecular complexity index is 903. The zero-order valence-corrected chi connectivity index (χ0v) is 18.5. The van der Waals surface area contributed by atoms with E-state index in [1.807, 2.05) is 38.1 Å². The molecule has 6 nitrogen and oxygen atoms in total. The van der Waals surface area contributed by atoms with Crippen LogP contribution in [0.2, 0.25) is 0 Å². The molecule has 0 aromatic heterocycles. The van der Waals surface area contributed by atoms with Gasteiger partial charge in [0.1, 0.15) is 5.75 Å². The van der Waals surface area contributed by atoms with E-state index in [1.54, 1.807) is 33.1 Å². The van der Waals surface area contributed by atoms with Crippen molar-refractivity contribution in [1.29, 1.82) is 0 Å². The highest BCUT2D eigenvalue weighted by Gasteiger charge is 2.23. The Labute approximate surface area is 173 Å². The molecule has 0 aliphatic carbocycles. The van der Waals surface area contributed by atoms with E-state index in [0.717, 1.165) is 11.3 Å². The number of nitrogens with zero attached hydrogens (tertiary/aromatic N) is 1. The van der Waals surface area contributed by atoms with Gasteiger partial charge in [0.25, 0.3) is 5.91 Å². The van der Waals surface area contributed by atoms with Crippen molar-refractivity contribution < 1.29 is 17.9 Å². The van der Waals surface area contributed by atoms with Gasteiger partial charge in [-0.3, -0.25) is 4.79 Å². The summed E-state index contributed by atoms with van der Waals surface area (Å²) in [5.74, 6) is 0.688. The number of sulfonamides is 1. The van der Waals surface area contributed by atoms with Gasteiger partial charge in [0.15, 0.2) is 0 Å². The predicted octanol–water partition coefficient (Wildman–Crippen LogP) is 3.85. The van der Waals surface area contributed by atoms with Crippen LogP contribution in [0.25, 0.3) is 0 Å². The van der Waals surface area contributed by atoms with E-state index < -0.39 is 10.0 Å². The SMILES string of the molecule is CCN(CC)S(=O)(=O)c1ccc(C(=O)NC(c2ccc(OC)cc2)C(C)C)cc1. The van der Waals surface area contributed by atoms with Crippen molar-refractivity contribution in [3.05, 3.63) is 59.7 Å². The highest BCUT2D eigenvalue weighted by molar-refractivity contribution is 7.89. The van der Waals surface area contributed by atoms with Crippen LogP contribution in [0.3, 0.4) is 0 Å². The Balaban J connectivity index is 2.20. The number of carbonyl (C=O) groups is 1. The maximum atomic E-state index is 12.8. The maximum absolute atomic E-state index is 12.8. The molecule has 1 unspecified atom stereocenters. The number of nitrogens with one attached hydrogen (secondary N) is 1. The highest BCUT2D eigenvalue weighted by Crippen LogP contribution is 2.25. The molecule has 29 heavy (non-hydrogen) atoms. The summed E-state index contributed by atoms with van der Waals surface area (Å²) >= 11 is 0. The number of hydrogen-bond donors (Lipinski definition) is 1. The smallest absolute Gasteiger partial charge is 0.251 e. The Morgan fingerprint density at radius 3 is 2.00 bits per heavy atom. The molecular weight excluding hydrogens is 388 g/mol. The summed E-state index contributed by atoms with van der Waals surface area (Å²) in [6.07, 6.45) is 0. The number of carbonyl (C=O) groups excluding carboxylic acids is 1. The normalized spacial score (nSPS) is 12.8. The monoisotopic (exact) mass is 418 g/mol. The topological polar surface area (TPSA) is 75.7 Å². The number of rotatable bonds is 9. The van der Waals surface area contributed by atoms with Crippen molar-refractivity contribution in [2.24, 2.45) is 5.92 Å². The van der Waals surface area contributed by atoms with Crippen LogP contribution in [0.4, 0.5) is 0 Å². The molecule has 0 saturated heterocycles. The van der Waals surface area contributed by atoms with Crippen molar-refractivity contribution in [3.8, 4) is 5.75 Å². The fourth-order valence-electron chi connectivity index (χ4n) is 3.16. The summed E-state index contributed by atoms with van der Waals surface area (Å²) in [5.41, 5.74) is 1.40. The first kappa shape index (κ1) is 22.9. The van der Waals surface area contributed by atoms with Crippen LogP contribution in [-0.2, 0) is 10.0 Å². The lowest BCUT2D eigenvalue weighted by Crippen LogP contribution is -2.32. The number of methoxy groups -OCH3 is 1. The van der Waals surface area contributed by atoms with E-state index in [0.29, 0.717) is 18.7 Å². The zero-order chi connectivity index (χ0) is 21.6. The van der Waals surface area contributed by atoms with E-state index >= 15 is 0 Å². The van der Waals surface area contributed by atoms with Gasteiger partial charge in [-0.15, -0.1) is 0 Å². The zero-order valence-electron chi connectivity index (χ0n) is 17.7. The minimum absolute atomic E-state index is 0.174. The molecule has 0 heterocycles. The Morgan fingerprint density at radius 2 is 1.55 bits per heavy atom. The number of amides is 1. The summed E-state index contributed by atoms with van der Waals surface area (Å²) in [5, 5.41) is 3.05. The predicted molar refractivity (Wildman–Crippen MR) is 115 cm³/mol. The average Bonchev–Trinajstić information content (AvgIpc) is 2.72. The molecule has 7 heteroatoms. The van der Waals surface area contributed by atoms with Crippen LogP contribution in [0.1, 0.15) is 49.7 Å². The maximum Gasteiger partial charge on any atom is 0.251 e. The lowest BCUT2D eigenvalue weighted by atomic mass is 9.95. The van der Waals surface area contributed by atoms with Crippen LogP contribution in [0, 0.1) is 5.92 Å². The molecule has 1 amide bonds. The van der Waals surface area contributed by atoms with Gasteiger partial charge >= 0.3 is 0 Å². The second kappa shape index (κ2) is 9.89. The summed E-state index contributed by atoms with van der Waals surface area (Å²) in [6, 6.07) is 13.5. The fraction of sp³-hybridized carbons (Fsp3) is 0.409. The summed E-state index contributed by atoms with van der Waals surface area (Å²) in [4.78, 5) is 13.0. The Hall–Kier alpha value is -2.38. The van der Waals surface area contributed by atoms with Gasteiger partial charge in [-0.1, -0.05) is 39.8 Å². The average molecular weight is 419 g/mol. The number of hydrogen-bond acceptors (Lipinski definition) is 4. The van der Waals surface area contributed by atoms with E-state index in [9.17, 15) is 13.2 Å². The molecule has 0 saturated carbocycles. The molecule has 0 bridgehead atoms. The van der Waals surface area contributed by atoms with Gasteiger partial charge in [-0.2, -0.15) is 4.31 Å². The second-order valence-electron chi connectivity index (χ2n) is 7.08. The first-order valence-corrected chi connectivity index (χ1v) is 11.2. The molecule has 0 aliphatic rings. The molecule has 158 valence electrons. The van der Waals surface area contributed by atoms with Crippen LogP contribution in [0.15, 0.2) is 53.4 Å². The first-order chi connectivity index (χ1) is 13.7. The van der Waals surface area contributed by atoms with E-state index in [-0.39, 0.29) is 22.8 Å². The number of ether oxygens (including phenoxy) is 1. The van der Waals surface area contributed by atoms with Crippen LogP contribution in [0.5, 0.6) is 5.75 Å². The van der Waals surface area contributed by atoms with Crippen LogP contribution in [-0.4, -0.2) is 38.8 Å². The van der Waals surface area contributed by atoms with Crippen molar-refractivity contribution in [2.45, 2.75) is 38.6 Å². The van der Waals surface area contributed by atoms with Gasteiger partial charge in [-0.25, -0.2) is 8.42 Å². The van der Waals surface area contributed by atoms with E-state index in [1.165, 1.54) is 16.4 Å². The number of benzene rings is 2. The lowest BCUT2D eigenvalue weighted by molar-refractivity contribution is 0.0925. The molecule has 2 aromatic carbocycles. The van der Waals surface area contributed by atoms with Crippen LogP contribution >= 0.6 is 0 Å². The fourth-order valence-corrected chi connectivity index (χ4v) is 4.62. The molecule has 2 rings (SSSR count). The standard InChI is InChI=1S/C22H30N2O4S/c1-6-24(7-2)29(26,27)20-14-10-18(11-15-20)22(25)23-21(16(3)4)17-8-12-19(28-5)13-9-17/h8-16,21H,6-7H2,1-5H3,(H,23,25). The summed E-state index contributed by atoms with van der Waals surface area (Å²) in [6.45, 7) is 8.48. The largest absolute Gasteiger partial charge is 0.497 e. The van der Waals surface area contributed by atoms with E-state index in [2.05, 4.69) is 5.32 Å². The van der Waals surface area contributed by atoms with Crippen molar-refractivity contribution >= 4 is 15.9 Å². The third-order valence-electron chi connectivity index (χ3n) is 4.89. The van der Waals surface area contributed by atoms with Crippen LogP contribution < -0.4 is 10.1 Å². The minimum atomic E-state index is -3.54. The molecule has 0 radical (unpaired) electrons. The van der Waals surface area contributed by atoms with Gasteiger partial charge in [0.2, 0.25) is 10.0 Å². The quantitative estimate of drug-likeness (QED) is 0.671. The molecule has 2 aromatic rings. The Morgan fingerprint density at radius 1 is 1.00 bits per heavy atom. The van der Waals surface area contributed by atoms with Gasteiger partial charge in [-0.05, 0) is 47.9 Å².